The van der Waals surface area contributed by atoms with Crippen molar-refractivity contribution in [3.63, 3.8) is 0 Å². The number of piperazine rings is 1. The van der Waals surface area contributed by atoms with E-state index in [1.54, 1.807) is 17.0 Å². The number of aromatic nitrogens is 1. The summed E-state index contributed by atoms with van der Waals surface area (Å²) in [6.07, 6.45) is 1.24. The number of aromatic carboxylic acids is 1. The third-order valence-electron chi connectivity index (χ3n) is 4.49. The number of rotatable bonds is 9. The number of nitrogens with zero attached hydrogens (tertiary/aromatic N) is 3. The highest BCUT2D eigenvalue weighted by Crippen LogP contribution is 2.27. The Morgan fingerprint density at radius 2 is 1.93 bits per heavy atom. The molecule has 1 aliphatic rings. The maximum Gasteiger partial charge on any atom is 0.387 e. The molecule has 0 amide bonds. The molecule has 2 aromatic rings. The Bertz CT molecular complexity index is 837. The van der Waals surface area contributed by atoms with Gasteiger partial charge in [-0.2, -0.15) is 17.6 Å². The molecule has 1 aromatic carbocycles. The second kappa shape index (κ2) is 10.0. The van der Waals surface area contributed by atoms with Gasteiger partial charge in [-0.3, -0.25) is 4.90 Å². The lowest BCUT2D eigenvalue weighted by Gasteiger charge is -2.41. The van der Waals surface area contributed by atoms with Crippen molar-refractivity contribution in [2.75, 3.05) is 31.1 Å². The zero-order chi connectivity index (χ0) is 21.7. The fourth-order valence-electron chi connectivity index (χ4n) is 3.17. The molecule has 1 saturated heterocycles. The number of thiazole rings is 1. The van der Waals surface area contributed by atoms with Crippen LogP contribution in [0.25, 0.3) is 0 Å². The van der Waals surface area contributed by atoms with Gasteiger partial charge in [0.25, 0.3) is 0 Å². The van der Waals surface area contributed by atoms with E-state index >= 15 is 0 Å². The van der Waals surface area contributed by atoms with Crippen LogP contribution in [0.15, 0.2) is 30.5 Å². The van der Waals surface area contributed by atoms with E-state index in [9.17, 15) is 22.4 Å². The first-order valence-corrected chi connectivity index (χ1v) is 9.75. The van der Waals surface area contributed by atoms with Gasteiger partial charge in [0, 0.05) is 26.2 Å². The van der Waals surface area contributed by atoms with E-state index in [0.29, 0.717) is 31.3 Å². The van der Waals surface area contributed by atoms with Gasteiger partial charge in [0.05, 0.1) is 18.8 Å². The van der Waals surface area contributed by atoms with Gasteiger partial charge in [0.15, 0.2) is 5.13 Å². The Balaban J connectivity index is 1.66. The molecule has 1 atom stereocenters. The van der Waals surface area contributed by atoms with Crippen molar-refractivity contribution in [3.8, 4) is 5.75 Å². The molecular weight excluding hydrogens is 430 g/mol. The average Bonchev–Trinajstić information content (AvgIpc) is 3.18. The van der Waals surface area contributed by atoms with Crippen molar-refractivity contribution in [3.05, 3.63) is 40.9 Å². The van der Waals surface area contributed by atoms with E-state index in [4.69, 9.17) is 5.11 Å². The van der Waals surface area contributed by atoms with Gasteiger partial charge < -0.3 is 19.5 Å². The molecule has 12 heteroatoms. The Morgan fingerprint density at radius 1 is 1.20 bits per heavy atom. The summed E-state index contributed by atoms with van der Waals surface area (Å²) in [4.78, 5) is 19.1. The summed E-state index contributed by atoms with van der Waals surface area (Å²) in [5.74, 6) is -1.04. The molecule has 0 radical (unpaired) electrons. The number of ether oxygens (including phenoxy) is 2. The minimum Gasteiger partial charge on any atom is -0.477 e. The third kappa shape index (κ3) is 6.03. The minimum atomic E-state index is -2.92. The Morgan fingerprint density at radius 3 is 2.53 bits per heavy atom. The van der Waals surface area contributed by atoms with Crippen LogP contribution in [0, 0.1) is 0 Å². The normalized spacial score (nSPS) is 17.7. The van der Waals surface area contributed by atoms with Crippen LogP contribution >= 0.6 is 11.3 Å². The van der Waals surface area contributed by atoms with Gasteiger partial charge in [0.1, 0.15) is 10.6 Å². The summed E-state index contributed by atoms with van der Waals surface area (Å²) >= 11 is 0.976. The van der Waals surface area contributed by atoms with Gasteiger partial charge in [-0.15, -0.1) is 0 Å². The first-order chi connectivity index (χ1) is 14.3. The second-order valence-corrected chi connectivity index (χ2v) is 7.52. The van der Waals surface area contributed by atoms with Crippen molar-refractivity contribution in [1.29, 1.82) is 0 Å². The summed E-state index contributed by atoms with van der Waals surface area (Å²) in [6, 6.07) is 5.75. The number of hydrogen-bond donors (Lipinski definition) is 1. The molecular formula is C18H19F4N3O4S. The molecule has 1 fully saturated rings. The SMILES string of the molecule is O=C(O)c1cnc(N2CCN(Cc3ccc(OC(F)F)cc3)CC2COC(F)F)s1. The zero-order valence-corrected chi connectivity index (χ0v) is 16.4. The summed E-state index contributed by atoms with van der Waals surface area (Å²) in [6.45, 7) is -4.20. The van der Waals surface area contributed by atoms with Crippen molar-refractivity contribution in [2.45, 2.75) is 25.8 Å². The molecule has 0 bridgehead atoms. The number of halogens is 4. The average molecular weight is 449 g/mol. The van der Waals surface area contributed by atoms with Crippen LogP contribution in [0.1, 0.15) is 15.2 Å². The molecule has 164 valence electrons. The molecule has 0 aliphatic carbocycles. The largest absolute Gasteiger partial charge is 0.477 e. The molecule has 1 aliphatic heterocycles. The molecule has 2 heterocycles. The van der Waals surface area contributed by atoms with Crippen LogP contribution in [0.2, 0.25) is 0 Å². The minimum absolute atomic E-state index is 0.0554. The molecule has 1 unspecified atom stereocenters. The maximum atomic E-state index is 12.6. The number of alkyl halides is 4. The fraction of sp³-hybridized carbons (Fsp3) is 0.444. The first-order valence-electron chi connectivity index (χ1n) is 8.93. The summed E-state index contributed by atoms with van der Waals surface area (Å²) < 4.78 is 58.5. The predicted octanol–water partition coefficient (Wildman–Crippen LogP) is 3.37. The molecule has 1 N–H and O–H groups in total. The van der Waals surface area contributed by atoms with Crippen LogP contribution < -0.4 is 9.64 Å². The van der Waals surface area contributed by atoms with Crippen LogP contribution in [0.3, 0.4) is 0 Å². The first kappa shape index (κ1) is 22.2. The van der Waals surface area contributed by atoms with Gasteiger partial charge in [0.2, 0.25) is 0 Å². The number of carbonyl (C=O) groups is 1. The van der Waals surface area contributed by atoms with E-state index in [0.717, 1.165) is 16.9 Å². The number of carboxylic acid groups (broad SMARTS) is 1. The lowest BCUT2D eigenvalue weighted by molar-refractivity contribution is -0.134. The highest BCUT2D eigenvalue weighted by Gasteiger charge is 2.30. The van der Waals surface area contributed by atoms with E-state index in [1.807, 2.05) is 4.90 Å². The summed E-state index contributed by atoms with van der Waals surface area (Å²) in [5.41, 5.74) is 0.848. The number of anilines is 1. The number of benzene rings is 1. The van der Waals surface area contributed by atoms with Crippen LogP contribution in [0.4, 0.5) is 22.7 Å². The molecule has 30 heavy (non-hydrogen) atoms. The zero-order valence-electron chi connectivity index (χ0n) is 15.6. The Hall–Kier alpha value is -2.44. The third-order valence-corrected chi connectivity index (χ3v) is 5.51. The van der Waals surface area contributed by atoms with Crippen molar-refractivity contribution < 1.29 is 36.9 Å². The Labute approximate surface area is 173 Å². The second-order valence-electron chi connectivity index (χ2n) is 6.51. The van der Waals surface area contributed by atoms with E-state index in [2.05, 4.69) is 14.5 Å². The maximum absolute atomic E-state index is 12.6. The monoisotopic (exact) mass is 449 g/mol. The van der Waals surface area contributed by atoms with E-state index in [1.165, 1.54) is 18.3 Å². The molecule has 3 rings (SSSR count). The molecule has 1 aromatic heterocycles. The van der Waals surface area contributed by atoms with Gasteiger partial charge in [-0.25, -0.2) is 9.78 Å². The van der Waals surface area contributed by atoms with Gasteiger partial charge in [-0.05, 0) is 17.7 Å². The van der Waals surface area contributed by atoms with E-state index < -0.39 is 25.2 Å². The van der Waals surface area contributed by atoms with Crippen molar-refractivity contribution in [2.24, 2.45) is 0 Å². The van der Waals surface area contributed by atoms with Gasteiger partial charge in [-0.1, -0.05) is 23.5 Å². The standard InChI is InChI=1S/C18H19F4N3O4S/c19-16(20)28-10-12-9-24(8-11-1-3-13(4-2-11)29-17(21)22)5-6-25(12)18-23-7-14(30-18)15(26)27/h1-4,7,12,16-17H,5-6,8-10H2,(H,26,27). The van der Waals surface area contributed by atoms with Crippen molar-refractivity contribution in [1.82, 2.24) is 9.88 Å². The summed E-state index contributed by atoms with van der Waals surface area (Å²) in [7, 11) is 0. The van der Waals surface area contributed by atoms with E-state index in [-0.39, 0.29) is 17.2 Å². The molecule has 0 saturated carbocycles. The number of carboxylic acids is 1. The van der Waals surface area contributed by atoms with Crippen LogP contribution in [0.5, 0.6) is 5.75 Å². The molecule has 0 spiro atoms. The topological polar surface area (TPSA) is 75.1 Å². The number of hydrogen-bond acceptors (Lipinski definition) is 7. The predicted molar refractivity (Wildman–Crippen MR) is 101 cm³/mol. The lowest BCUT2D eigenvalue weighted by Crippen LogP contribution is -2.55. The smallest absolute Gasteiger partial charge is 0.387 e. The van der Waals surface area contributed by atoms with Crippen molar-refractivity contribution >= 4 is 22.4 Å². The van der Waals surface area contributed by atoms with Crippen LogP contribution in [-0.4, -0.2) is 66.5 Å². The highest BCUT2D eigenvalue weighted by atomic mass is 32.1. The summed E-state index contributed by atoms with van der Waals surface area (Å²) in [5, 5.41) is 9.52. The molecule has 7 nitrogen and oxygen atoms in total. The lowest BCUT2D eigenvalue weighted by atomic mass is 10.1. The highest BCUT2D eigenvalue weighted by molar-refractivity contribution is 7.17. The Kier molecular flexibility index (Phi) is 7.45. The fourth-order valence-corrected chi connectivity index (χ4v) is 4.03. The van der Waals surface area contributed by atoms with Gasteiger partial charge >= 0.3 is 19.2 Å². The van der Waals surface area contributed by atoms with Crippen LogP contribution in [-0.2, 0) is 11.3 Å². The quantitative estimate of drug-likeness (QED) is 0.589.